The van der Waals surface area contributed by atoms with E-state index in [1.807, 2.05) is 0 Å². The quantitative estimate of drug-likeness (QED) is 0.275. The highest BCUT2D eigenvalue weighted by Gasteiger charge is 2.36. The second-order valence-electron chi connectivity index (χ2n) is 11.0. The molecular weight excluding hydrogens is 598 g/mol. The SMILES string of the molecule is CS(=O)(=O)N(CC(=O)N(Cc1ccccc1F)C(Cc1ccccc1)C(=O)NC1CCCCC1)c1cccc(C(F)(F)F)c1. The Morgan fingerprint density at radius 2 is 1.59 bits per heavy atom. The van der Waals surface area contributed by atoms with Crippen LogP contribution in [-0.4, -0.2) is 50.0 Å². The topological polar surface area (TPSA) is 86.8 Å². The highest BCUT2D eigenvalue weighted by atomic mass is 32.2. The van der Waals surface area contributed by atoms with E-state index in [1.54, 1.807) is 36.4 Å². The Morgan fingerprint density at radius 1 is 0.932 bits per heavy atom. The number of halogens is 4. The fraction of sp³-hybridized carbons (Fsp3) is 0.375. The number of amides is 2. The zero-order valence-corrected chi connectivity index (χ0v) is 25.1. The van der Waals surface area contributed by atoms with Gasteiger partial charge in [-0.1, -0.05) is 73.9 Å². The fourth-order valence-corrected chi connectivity index (χ4v) is 6.20. The summed E-state index contributed by atoms with van der Waals surface area (Å²) in [4.78, 5) is 29.1. The van der Waals surface area contributed by atoms with Crippen LogP contribution in [0.5, 0.6) is 0 Å². The van der Waals surface area contributed by atoms with Gasteiger partial charge in [-0.05, 0) is 42.7 Å². The van der Waals surface area contributed by atoms with Gasteiger partial charge in [-0.2, -0.15) is 13.2 Å². The van der Waals surface area contributed by atoms with E-state index in [0.717, 1.165) is 61.5 Å². The third-order valence-corrected chi connectivity index (χ3v) is 8.80. The number of nitrogens with zero attached hydrogens (tertiary/aromatic N) is 2. The maximum atomic E-state index is 14.9. The summed E-state index contributed by atoms with van der Waals surface area (Å²) in [6.45, 7) is -1.28. The number of carbonyl (C=O) groups is 2. The van der Waals surface area contributed by atoms with Gasteiger partial charge in [0.1, 0.15) is 18.4 Å². The van der Waals surface area contributed by atoms with Crippen LogP contribution < -0.4 is 9.62 Å². The summed E-state index contributed by atoms with van der Waals surface area (Å²) in [7, 11) is -4.27. The number of benzene rings is 3. The average molecular weight is 634 g/mol. The Hall–Kier alpha value is -3.93. The molecule has 0 heterocycles. The summed E-state index contributed by atoms with van der Waals surface area (Å²) in [6.07, 6.45) is 0.525. The molecule has 0 spiro atoms. The van der Waals surface area contributed by atoms with Gasteiger partial charge in [-0.15, -0.1) is 0 Å². The molecule has 0 aromatic heterocycles. The van der Waals surface area contributed by atoms with Gasteiger partial charge in [0.15, 0.2) is 0 Å². The molecular formula is C32H35F4N3O4S. The maximum absolute atomic E-state index is 14.9. The van der Waals surface area contributed by atoms with E-state index in [1.165, 1.54) is 18.2 Å². The smallest absolute Gasteiger partial charge is 0.352 e. The van der Waals surface area contributed by atoms with E-state index >= 15 is 0 Å². The number of alkyl halides is 3. The molecule has 3 aromatic rings. The number of hydrogen-bond donors (Lipinski definition) is 1. The van der Waals surface area contributed by atoms with Gasteiger partial charge in [0, 0.05) is 24.6 Å². The second kappa shape index (κ2) is 14.2. The van der Waals surface area contributed by atoms with Crippen molar-refractivity contribution in [2.45, 2.75) is 63.3 Å². The molecule has 1 aliphatic carbocycles. The van der Waals surface area contributed by atoms with Crippen LogP contribution >= 0.6 is 0 Å². The minimum absolute atomic E-state index is 0.0437. The van der Waals surface area contributed by atoms with E-state index in [0.29, 0.717) is 15.9 Å². The highest BCUT2D eigenvalue weighted by molar-refractivity contribution is 7.92. The molecule has 0 saturated heterocycles. The first kappa shape index (κ1) is 33.0. The third kappa shape index (κ3) is 8.81. The molecule has 1 saturated carbocycles. The van der Waals surface area contributed by atoms with Crippen molar-refractivity contribution in [2.24, 2.45) is 0 Å². The molecule has 44 heavy (non-hydrogen) atoms. The Balaban J connectivity index is 1.75. The summed E-state index contributed by atoms with van der Waals surface area (Å²) in [5.41, 5.74) is -0.657. The Bertz CT molecular complexity index is 1540. The van der Waals surface area contributed by atoms with E-state index < -0.39 is 52.0 Å². The van der Waals surface area contributed by atoms with Gasteiger partial charge in [-0.25, -0.2) is 12.8 Å². The van der Waals surface area contributed by atoms with Crippen LogP contribution in [0.4, 0.5) is 23.2 Å². The molecule has 3 aromatic carbocycles. The van der Waals surface area contributed by atoms with Crippen molar-refractivity contribution in [2.75, 3.05) is 17.1 Å². The number of carbonyl (C=O) groups excluding carboxylic acids is 2. The van der Waals surface area contributed by atoms with Crippen molar-refractivity contribution < 1.29 is 35.6 Å². The highest BCUT2D eigenvalue weighted by Crippen LogP contribution is 2.32. The number of nitrogens with one attached hydrogen (secondary N) is 1. The molecule has 0 bridgehead atoms. The van der Waals surface area contributed by atoms with E-state index in [4.69, 9.17) is 0 Å². The van der Waals surface area contributed by atoms with Gasteiger partial charge in [0.25, 0.3) is 0 Å². The average Bonchev–Trinajstić information content (AvgIpc) is 2.98. The van der Waals surface area contributed by atoms with Crippen molar-refractivity contribution in [3.8, 4) is 0 Å². The van der Waals surface area contributed by atoms with Crippen LogP contribution in [0.15, 0.2) is 78.9 Å². The zero-order chi connectivity index (χ0) is 31.9. The number of hydrogen-bond acceptors (Lipinski definition) is 4. The van der Waals surface area contributed by atoms with Gasteiger partial charge in [0.05, 0.1) is 17.5 Å². The molecule has 1 fully saturated rings. The molecule has 1 unspecified atom stereocenters. The summed E-state index contributed by atoms with van der Waals surface area (Å²) in [6, 6.07) is 16.9. The van der Waals surface area contributed by atoms with Crippen LogP contribution in [0.2, 0.25) is 0 Å². The Morgan fingerprint density at radius 3 is 2.23 bits per heavy atom. The lowest BCUT2D eigenvalue weighted by atomic mass is 9.94. The van der Waals surface area contributed by atoms with Gasteiger partial charge in [0.2, 0.25) is 21.8 Å². The minimum atomic E-state index is -4.75. The third-order valence-electron chi connectivity index (χ3n) is 7.66. The molecule has 12 heteroatoms. The Labute approximate surface area is 254 Å². The lowest BCUT2D eigenvalue weighted by Gasteiger charge is -2.35. The normalized spacial score (nSPS) is 14.9. The lowest BCUT2D eigenvalue weighted by Crippen LogP contribution is -2.55. The van der Waals surface area contributed by atoms with Gasteiger partial charge < -0.3 is 10.2 Å². The standard InChI is InChI=1S/C32H35F4N3O4S/c1-44(42,43)39(27-17-10-14-25(20-27)32(34,35)36)22-30(40)38(21-24-13-8-9-18-28(24)33)29(19-23-11-4-2-5-12-23)31(41)37-26-15-6-3-7-16-26/h2,4-5,8-14,17-18,20,26,29H,3,6-7,15-16,19,21-22H2,1H3,(H,37,41). The van der Waals surface area contributed by atoms with Crippen molar-refractivity contribution >= 4 is 27.5 Å². The molecule has 2 amide bonds. The van der Waals surface area contributed by atoms with Crippen molar-refractivity contribution in [1.82, 2.24) is 10.2 Å². The molecule has 7 nitrogen and oxygen atoms in total. The van der Waals surface area contributed by atoms with E-state index in [2.05, 4.69) is 5.32 Å². The summed E-state index contributed by atoms with van der Waals surface area (Å²) in [5, 5.41) is 3.03. The molecule has 4 rings (SSSR count). The molecule has 0 radical (unpaired) electrons. The van der Waals surface area contributed by atoms with E-state index in [9.17, 15) is 35.6 Å². The lowest BCUT2D eigenvalue weighted by molar-refractivity contribution is -0.140. The summed E-state index contributed by atoms with van der Waals surface area (Å²) in [5.74, 6) is -1.99. The van der Waals surface area contributed by atoms with Gasteiger partial charge >= 0.3 is 6.18 Å². The predicted molar refractivity (Wildman–Crippen MR) is 160 cm³/mol. The van der Waals surface area contributed by atoms with Crippen LogP contribution in [0, 0.1) is 5.82 Å². The van der Waals surface area contributed by atoms with E-state index in [-0.39, 0.29) is 30.3 Å². The van der Waals surface area contributed by atoms with Crippen LogP contribution in [0.25, 0.3) is 0 Å². The van der Waals surface area contributed by atoms with Crippen molar-refractivity contribution in [1.29, 1.82) is 0 Å². The molecule has 1 atom stereocenters. The summed E-state index contributed by atoms with van der Waals surface area (Å²) < 4.78 is 81.6. The van der Waals surface area contributed by atoms with Crippen molar-refractivity contribution in [3.05, 3.63) is 101 Å². The first-order valence-corrected chi connectivity index (χ1v) is 16.2. The zero-order valence-electron chi connectivity index (χ0n) is 24.3. The number of rotatable bonds is 11. The monoisotopic (exact) mass is 633 g/mol. The van der Waals surface area contributed by atoms with Crippen LogP contribution in [0.1, 0.15) is 48.8 Å². The van der Waals surface area contributed by atoms with Crippen LogP contribution in [-0.2, 0) is 38.8 Å². The second-order valence-corrected chi connectivity index (χ2v) is 12.9. The number of anilines is 1. The largest absolute Gasteiger partial charge is 0.416 e. The van der Waals surface area contributed by atoms with Gasteiger partial charge in [-0.3, -0.25) is 13.9 Å². The molecule has 236 valence electrons. The van der Waals surface area contributed by atoms with Crippen molar-refractivity contribution in [3.63, 3.8) is 0 Å². The first-order valence-electron chi connectivity index (χ1n) is 14.3. The molecule has 1 aliphatic rings. The minimum Gasteiger partial charge on any atom is -0.352 e. The van der Waals surface area contributed by atoms with Crippen LogP contribution in [0.3, 0.4) is 0 Å². The first-order chi connectivity index (χ1) is 20.8. The predicted octanol–water partition coefficient (Wildman–Crippen LogP) is 5.70. The maximum Gasteiger partial charge on any atom is 0.416 e. The summed E-state index contributed by atoms with van der Waals surface area (Å²) >= 11 is 0. The number of sulfonamides is 1. The Kier molecular flexibility index (Phi) is 10.7. The molecule has 1 N–H and O–H groups in total. The molecule has 0 aliphatic heterocycles. The fourth-order valence-electron chi connectivity index (χ4n) is 5.36.